The third-order valence-electron chi connectivity index (χ3n) is 1.56. The standard InChI is InChI=1S/2C4H6O6.Ce.H3N/c2*5-1(3(7)8)2(6)4(9)10;;/h2*1-2,5-6H,(H,7,8)(H,9,10);;1H3/q;;+3;/p-3/t2*1-,2-;;/m11../s1. The Kier molecular flexibility index (Phi) is 18.1. The first-order valence-corrected chi connectivity index (χ1v) is 4.49. The molecular formula is C8H12CeNO12. The van der Waals surface area contributed by atoms with Gasteiger partial charge in [0.2, 0.25) is 0 Å². The third-order valence-corrected chi connectivity index (χ3v) is 1.56. The molecule has 13 nitrogen and oxygen atoms in total. The number of aliphatic carboxylic acids is 4. The van der Waals surface area contributed by atoms with Gasteiger partial charge in [-0.15, -0.1) is 0 Å². The van der Waals surface area contributed by atoms with E-state index in [-0.39, 0.29) is 47.9 Å². The van der Waals surface area contributed by atoms with E-state index in [4.69, 9.17) is 20.4 Å². The fraction of sp³-hybridized carbons (Fsp3) is 0.500. The summed E-state index contributed by atoms with van der Waals surface area (Å²) < 4.78 is 0. The van der Waals surface area contributed by atoms with Crippen molar-refractivity contribution < 1.29 is 102 Å². The number of hydrogen-bond acceptors (Lipinski definition) is 12. The van der Waals surface area contributed by atoms with Gasteiger partial charge in [0.05, 0.1) is 23.9 Å². The topological polar surface area (TPSA) is 278 Å². The summed E-state index contributed by atoms with van der Waals surface area (Å²) in [5.41, 5.74) is 0. The Morgan fingerprint density at radius 2 is 0.636 bits per heavy atom. The number of aliphatic hydroxyl groups is 4. The normalized spacial score (nSPS) is 14.4. The Balaban J connectivity index is -0.000000135. The van der Waals surface area contributed by atoms with Crippen molar-refractivity contribution in [3.8, 4) is 0 Å². The van der Waals surface area contributed by atoms with Crippen molar-refractivity contribution in [2.75, 3.05) is 0 Å². The summed E-state index contributed by atoms with van der Waals surface area (Å²) in [5, 5.41) is 71.5. The average molecular weight is 454 g/mol. The summed E-state index contributed by atoms with van der Waals surface area (Å²) in [7, 11) is 0. The van der Waals surface area contributed by atoms with E-state index in [0.717, 1.165) is 0 Å². The van der Waals surface area contributed by atoms with Crippen molar-refractivity contribution in [2.24, 2.45) is 0 Å². The fourth-order valence-corrected chi connectivity index (χ4v) is 0.516. The number of quaternary nitrogens is 1. The van der Waals surface area contributed by atoms with Gasteiger partial charge >= 0.3 is 41.7 Å². The second-order valence-electron chi connectivity index (χ2n) is 3.06. The van der Waals surface area contributed by atoms with Crippen LogP contribution in [0.25, 0.3) is 0 Å². The summed E-state index contributed by atoms with van der Waals surface area (Å²) >= 11 is 0. The minimum Gasteiger partial charge on any atom is -0.547 e. The van der Waals surface area contributed by atoms with E-state index in [1.54, 1.807) is 0 Å². The molecule has 0 aliphatic rings. The maximum Gasteiger partial charge on any atom is 3.00 e. The Morgan fingerprint density at radius 1 is 0.545 bits per heavy atom. The molecule has 4 atom stereocenters. The van der Waals surface area contributed by atoms with Crippen LogP contribution in [0.2, 0.25) is 0 Å². The zero-order valence-corrected chi connectivity index (χ0v) is 14.0. The first-order valence-electron chi connectivity index (χ1n) is 4.49. The molecule has 14 heteroatoms. The van der Waals surface area contributed by atoms with Crippen LogP contribution in [-0.2, 0) is 19.2 Å². The summed E-state index contributed by atoms with van der Waals surface area (Å²) in [5.74, 6) is -8.23. The maximum atomic E-state index is 9.63. The largest absolute Gasteiger partial charge is 3.00 e. The van der Waals surface area contributed by atoms with Gasteiger partial charge in [0.25, 0.3) is 0 Å². The minimum atomic E-state index is -2.44. The van der Waals surface area contributed by atoms with Crippen LogP contribution in [0.1, 0.15) is 0 Å². The Bertz CT molecular complexity index is 315. The van der Waals surface area contributed by atoms with E-state index in [1.165, 1.54) is 0 Å². The van der Waals surface area contributed by atoms with Crippen LogP contribution in [-0.4, -0.2) is 68.7 Å². The Morgan fingerprint density at radius 3 is 0.682 bits per heavy atom. The van der Waals surface area contributed by atoms with Crippen molar-refractivity contribution in [3.05, 3.63) is 0 Å². The van der Waals surface area contributed by atoms with Crippen molar-refractivity contribution in [1.29, 1.82) is 0 Å². The van der Waals surface area contributed by atoms with Gasteiger partial charge in [0.1, 0.15) is 24.4 Å². The number of aliphatic hydroxyl groups excluding tert-OH is 4. The number of carboxylic acids is 4. The molecule has 1 radical (unpaired) electrons. The zero-order chi connectivity index (χ0) is 16.6. The van der Waals surface area contributed by atoms with E-state index in [0.29, 0.717) is 0 Å². The van der Waals surface area contributed by atoms with Gasteiger partial charge < -0.3 is 66.2 Å². The molecule has 22 heavy (non-hydrogen) atoms. The van der Waals surface area contributed by atoms with E-state index >= 15 is 0 Å². The number of rotatable bonds is 6. The van der Waals surface area contributed by atoms with Crippen LogP contribution in [0.3, 0.4) is 0 Å². The molecule has 0 aromatic carbocycles. The zero-order valence-electron chi connectivity index (χ0n) is 10.9. The smallest absolute Gasteiger partial charge is 0.547 e. The van der Waals surface area contributed by atoms with Crippen LogP contribution < -0.4 is 26.6 Å². The average Bonchev–Trinajstić information content (AvgIpc) is 2.35. The minimum absolute atomic E-state index is 0. The van der Waals surface area contributed by atoms with E-state index in [9.17, 15) is 39.6 Å². The molecule has 0 amide bonds. The first-order chi connectivity index (χ1) is 8.93. The number of carbonyl (C=O) groups is 4. The molecule has 0 aromatic heterocycles. The van der Waals surface area contributed by atoms with Crippen LogP contribution in [0, 0.1) is 41.7 Å². The molecule has 0 aliphatic heterocycles. The summed E-state index contributed by atoms with van der Waals surface area (Å²) in [6.07, 6.45) is -9.76. The molecule has 0 saturated heterocycles. The molecule has 0 fully saturated rings. The molecule has 125 valence electrons. The van der Waals surface area contributed by atoms with Crippen LogP contribution in [0.5, 0.6) is 0 Å². The van der Waals surface area contributed by atoms with Gasteiger partial charge in [-0.3, -0.25) is 0 Å². The molecule has 0 aromatic rings. The predicted molar refractivity (Wildman–Crippen MR) is 50.0 cm³/mol. The third kappa shape index (κ3) is 11.7. The Labute approximate surface area is 155 Å². The molecule has 0 saturated carbocycles. The van der Waals surface area contributed by atoms with E-state index in [2.05, 4.69) is 0 Å². The van der Waals surface area contributed by atoms with Gasteiger partial charge in [-0.05, 0) is 0 Å². The van der Waals surface area contributed by atoms with Gasteiger partial charge in [-0.25, -0.2) is 0 Å². The van der Waals surface area contributed by atoms with Gasteiger partial charge in [0, 0.05) is 0 Å². The number of carbonyl (C=O) groups excluding carboxylic acids is 4. The maximum absolute atomic E-state index is 9.63. The molecular weight excluding hydrogens is 442 g/mol. The second kappa shape index (κ2) is 13.7. The fourth-order valence-electron chi connectivity index (χ4n) is 0.516. The molecule has 0 unspecified atom stereocenters. The summed E-state index contributed by atoms with van der Waals surface area (Å²) in [6, 6.07) is 0. The van der Waals surface area contributed by atoms with Crippen LogP contribution in [0.4, 0.5) is 0 Å². The van der Waals surface area contributed by atoms with Gasteiger partial charge in [-0.2, -0.15) is 0 Å². The SMILES string of the molecule is O=C([O-])[C@H](O)[C@@H](O)C(=O)[O-].O=C([O-])[C@H](O)[C@@H](O)C(=O)[O-].[Ce+3].[NH4+]. The first kappa shape index (κ1) is 29.1. The van der Waals surface area contributed by atoms with Crippen LogP contribution in [0.15, 0.2) is 0 Å². The molecule has 0 heterocycles. The number of carboxylic acid groups (broad SMARTS) is 4. The van der Waals surface area contributed by atoms with Gasteiger partial charge in [0.15, 0.2) is 0 Å². The van der Waals surface area contributed by atoms with E-state index < -0.39 is 48.3 Å². The van der Waals surface area contributed by atoms with Crippen molar-refractivity contribution in [3.63, 3.8) is 0 Å². The summed E-state index contributed by atoms with van der Waals surface area (Å²) in [6.45, 7) is 0. The van der Waals surface area contributed by atoms with Crippen molar-refractivity contribution in [1.82, 2.24) is 6.15 Å². The predicted octanol–water partition coefficient (Wildman–Crippen LogP) is -9.21. The molecule has 0 spiro atoms. The second-order valence-corrected chi connectivity index (χ2v) is 3.06. The molecule has 0 rings (SSSR count). The van der Waals surface area contributed by atoms with Crippen molar-refractivity contribution in [2.45, 2.75) is 24.4 Å². The molecule has 0 aliphatic carbocycles. The summed E-state index contributed by atoms with van der Waals surface area (Å²) in [4.78, 5) is 38.5. The van der Waals surface area contributed by atoms with E-state index in [1.807, 2.05) is 0 Å². The molecule has 8 N–H and O–H groups in total. The van der Waals surface area contributed by atoms with Gasteiger partial charge in [-0.1, -0.05) is 0 Å². The van der Waals surface area contributed by atoms with Crippen LogP contribution >= 0.6 is 0 Å². The number of hydrogen-bond donors (Lipinski definition) is 5. The Hall–Kier alpha value is -0.943. The quantitative estimate of drug-likeness (QED) is 0.250. The monoisotopic (exact) mass is 454 g/mol. The molecule has 0 bridgehead atoms. The van der Waals surface area contributed by atoms with Crippen molar-refractivity contribution >= 4 is 23.9 Å².